The molecule has 1 aromatic carbocycles. The van der Waals surface area contributed by atoms with Crippen LogP contribution in [0.3, 0.4) is 0 Å². The van der Waals surface area contributed by atoms with Gasteiger partial charge in [0.15, 0.2) is 0 Å². The van der Waals surface area contributed by atoms with Crippen molar-refractivity contribution in [2.45, 2.75) is 44.9 Å². The molecule has 8 heteroatoms. The van der Waals surface area contributed by atoms with E-state index in [4.69, 9.17) is 15.2 Å². The topological polar surface area (TPSA) is 124 Å². The molecule has 2 aromatic rings. The fourth-order valence-electron chi connectivity index (χ4n) is 3.05. The molecule has 0 saturated carbocycles. The summed E-state index contributed by atoms with van der Waals surface area (Å²) in [5, 5.41) is 13.7. The van der Waals surface area contributed by atoms with Gasteiger partial charge in [-0.25, -0.2) is 4.98 Å². The van der Waals surface area contributed by atoms with Gasteiger partial charge in [-0.1, -0.05) is 0 Å². The number of rotatable bonds is 7. The number of carbonyl (C=O) groups is 2. The number of aliphatic hydroxyl groups is 1. The fraction of sp³-hybridized carbons (Fsp3) is 0.421. The predicted octanol–water partition coefficient (Wildman–Crippen LogP) is 1.14. The van der Waals surface area contributed by atoms with Crippen molar-refractivity contribution in [2.75, 3.05) is 6.61 Å². The number of carbonyl (C=O) groups excluding carboxylic acids is 2. The van der Waals surface area contributed by atoms with E-state index in [0.29, 0.717) is 42.0 Å². The lowest BCUT2D eigenvalue weighted by Gasteiger charge is -2.16. The molecule has 1 aliphatic heterocycles. The van der Waals surface area contributed by atoms with Gasteiger partial charge in [0.2, 0.25) is 11.8 Å². The Bertz CT molecular complexity index is 868. The number of aliphatic hydroxyl groups excluding tert-OH is 1. The van der Waals surface area contributed by atoms with E-state index in [-0.39, 0.29) is 18.1 Å². The smallest absolute Gasteiger partial charge is 0.252 e. The molecule has 0 aliphatic carbocycles. The SMILES string of the molecule is CC(C)Oc1cc2c(OCC[C@@H]3C[C@H](O)C(=O)N3)nccc2cc1C(N)=O. The summed E-state index contributed by atoms with van der Waals surface area (Å²) < 4.78 is 11.5. The molecular formula is C19H23N3O5. The lowest BCUT2D eigenvalue weighted by Crippen LogP contribution is -2.28. The normalized spacial score (nSPS) is 19.3. The number of amides is 2. The Hall–Kier alpha value is -2.87. The molecule has 0 unspecified atom stereocenters. The maximum absolute atomic E-state index is 11.7. The third-order valence-electron chi connectivity index (χ3n) is 4.32. The minimum Gasteiger partial charge on any atom is -0.490 e. The van der Waals surface area contributed by atoms with E-state index in [2.05, 4.69) is 10.3 Å². The van der Waals surface area contributed by atoms with Crippen LogP contribution in [0.15, 0.2) is 24.4 Å². The van der Waals surface area contributed by atoms with Crippen molar-refractivity contribution in [3.8, 4) is 11.6 Å². The molecule has 0 bridgehead atoms. The van der Waals surface area contributed by atoms with E-state index >= 15 is 0 Å². The van der Waals surface area contributed by atoms with Gasteiger partial charge in [0.1, 0.15) is 11.9 Å². The number of hydrogen-bond donors (Lipinski definition) is 3. The number of aromatic nitrogens is 1. The van der Waals surface area contributed by atoms with Gasteiger partial charge in [0.25, 0.3) is 5.91 Å². The zero-order valence-corrected chi connectivity index (χ0v) is 15.3. The highest BCUT2D eigenvalue weighted by Crippen LogP contribution is 2.31. The van der Waals surface area contributed by atoms with Gasteiger partial charge in [-0.2, -0.15) is 0 Å². The maximum atomic E-state index is 11.7. The molecule has 0 radical (unpaired) electrons. The van der Waals surface area contributed by atoms with Crippen LogP contribution in [0.2, 0.25) is 0 Å². The molecule has 4 N–H and O–H groups in total. The van der Waals surface area contributed by atoms with Crippen LogP contribution in [0.25, 0.3) is 10.8 Å². The molecule has 1 saturated heterocycles. The van der Waals surface area contributed by atoms with Crippen LogP contribution in [-0.2, 0) is 4.79 Å². The highest BCUT2D eigenvalue weighted by molar-refractivity contribution is 6.01. The molecule has 1 aliphatic rings. The fourth-order valence-corrected chi connectivity index (χ4v) is 3.05. The van der Waals surface area contributed by atoms with Gasteiger partial charge in [-0.05, 0) is 37.4 Å². The van der Waals surface area contributed by atoms with Gasteiger partial charge >= 0.3 is 0 Å². The summed E-state index contributed by atoms with van der Waals surface area (Å²) in [6.45, 7) is 4.04. The molecule has 3 rings (SSSR count). The van der Waals surface area contributed by atoms with Gasteiger partial charge in [0, 0.05) is 30.5 Å². The van der Waals surface area contributed by atoms with Crippen molar-refractivity contribution in [1.82, 2.24) is 10.3 Å². The van der Waals surface area contributed by atoms with Gasteiger partial charge in [0.05, 0.1) is 18.3 Å². The van der Waals surface area contributed by atoms with Crippen LogP contribution < -0.4 is 20.5 Å². The van der Waals surface area contributed by atoms with Crippen LogP contribution in [0.4, 0.5) is 0 Å². The summed E-state index contributed by atoms with van der Waals surface area (Å²) in [5.41, 5.74) is 5.77. The van der Waals surface area contributed by atoms with Crippen LogP contribution in [0.1, 0.15) is 37.0 Å². The molecule has 0 spiro atoms. The van der Waals surface area contributed by atoms with Crippen molar-refractivity contribution in [2.24, 2.45) is 5.73 Å². The highest BCUT2D eigenvalue weighted by Gasteiger charge is 2.29. The number of ether oxygens (including phenoxy) is 2. The highest BCUT2D eigenvalue weighted by atomic mass is 16.5. The minimum absolute atomic E-state index is 0.122. The van der Waals surface area contributed by atoms with Crippen LogP contribution in [-0.4, -0.2) is 46.8 Å². The predicted molar refractivity (Wildman–Crippen MR) is 98.7 cm³/mol. The van der Waals surface area contributed by atoms with Crippen molar-refractivity contribution in [3.63, 3.8) is 0 Å². The van der Waals surface area contributed by atoms with Gasteiger partial charge in [-0.15, -0.1) is 0 Å². The van der Waals surface area contributed by atoms with Crippen LogP contribution in [0, 0.1) is 0 Å². The summed E-state index contributed by atoms with van der Waals surface area (Å²) in [5.74, 6) is -0.129. The van der Waals surface area contributed by atoms with Gasteiger partial charge < -0.3 is 25.6 Å². The number of hydrogen-bond acceptors (Lipinski definition) is 6. The quantitative estimate of drug-likeness (QED) is 0.669. The monoisotopic (exact) mass is 373 g/mol. The van der Waals surface area contributed by atoms with Crippen LogP contribution in [0.5, 0.6) is 11.6 Å². The van der Waals surface area contributed by atoms with E-state index in [1.807, 2.05) is 13.8 Å². The van der Waals surface area contributed by atoms with E-state index in [1.54, 1.807) is 24.4 Å². The average Bonchev–Trinajstić information content (AvgIpc) is 2.92. The summed E-state index contributed by atoms with van der Waals surface area (Å²) >= 11 is 0. The van der Waals surface area contributed by atoms with E-state index < -0.39 is 12.0 Å². The Morgan fingerprint density at radius 3 is 2.85 bits per heavy atom. The molecule has 144 valence electrons. The number of pyridine rings is 1. The first kappa shape index (κ1) is 18.9. The third kappa shape index (κ3) is 4.28. The first-order valence-electron chi connectivity index (χ1n) is 8.85. The Labute approximate surface area is 156 Å². The molecule has 2 amide bonds. The van der Waals surface area contributed by atoms with Crippen molar-refractivity contribution in [1.29, 1.82) is 0 Å². The standard InChI is InChI=1S/C19H23N3O5/c1-10(2)27-16-9-13-11(7-14(16)17(20)24)3-5-21-19(13)26-6-4-12-8-15(23)18(25)22-12/h3,5,7,9-10,12,15,23H,4,6,8H2,1-2H3,(H2,20,24)(H,22,25)/t12-,15+/m1/s1. The molecular weight excluding hydrogens is 350 g/mol. The summed E-state index contributed by atoms with van der Waals surface area (Å²) in [4.78, 5) is 27.3. The molecule has 1 aromatic heterocycles. The molecule has 2 atom stereocenters. The number of benzene rings is 1. The maximum Gasteiger partial charge on any atom is 0.252 e. The molecule has 8 nitrogen and oxygen atoms in total. The molecule has 2 heterocycles. The van der Waals surface area contributed by atoms with Crippen LogP contribution >= 0.6 is 0 Å². The zero-order chi connectivity index (χ0) is 19.6. The number of primary amides is 1. The number of nitrogens with two attached hydrogens (primary N) is 1. The Kier molecular flexibility index (Phi) is 5.46. The Morgan fingerprint density at radius 1 is 1.44 bits per heavy atom. The van der Waals surface area contributed by atoms with Crippen molar-refractivity contribution in [3.05, 3.63) is 30.0 Å². The lowest BCUT2D eigenvalue weighted by atomic mass is 10.1. The second kappa shape index (κ2) is 7.79. The van der Waals surface area contributed by atoms with E-state index in [9.17, 15) is 14.7 Å². The van der Waals surface area contributed by atoms with E-state index in [1.165, 1.54) is 0 Å². The summed E-state index contributed by atoms with van der Waals surface area (Å²) in [6.07, 6.45) is 1.44. The zero-order valence-electron chi connectivity index (χ0n) is 15.3. The summed E-state index contributed by atoms with van der Waals surface area (Å²) in [7, 11) is 0. The third-order valence-corrected chi connectivity index (χ3v) is 4.32. The first-order valence-corrected chi connectivity index (χ1v) is 8.85. The van der Waals surface area contributed by atoms with Crippen molar-refractivity contribution >= 4 is 22.6 Å². The summed E-state index contributed by atoms with van der Waals surface area (Å²) in [6, 6.07) is 5.02. The minimum atomic E-state index is -0.950. The Morgan fingerprint density at radius 2 is 2.22 bits per heavy atom. The molecule has 27 heavy (non-hydrogen) atoms. The van der Waals surface area contributed by atoms with E-state index in [0.717, 1.165) is 5.39 Å². The Balaban J connectivity index is 1.81. The lowest BCUT2D eigenvalue weighted by molar-refractivity contribution is -0.126. The number of nitrogens with zero attached hydrogens (tertiary/aromatic N) is 1. The molecule has 1 fully saturated rings. The number of nitrogens with one attached hydrogen (secondary N) is 1. The van der Waals surface area contributed by atoms with Crippen molar-refractivity contribution < 1.29 is 24.2 Å². The average molecular weight is 373 g/mol. The second-order valence-corrected chi connectivity index (χ2v) is 6.81. The number of fused-ring (bicyclic) bond motifs is 1. The second-order valence-electron chi connectivity index (χ2n) is 6.81. The first-order chi connectivity index (χ1) is 12.8. The largest absolute Gasteiger partial charge is 0.490 e. The van der Waals surface area contributed by atoms with Gasteiger partial charge in [-0.3, -0.25) is 9.59 Å².